The topological polar surface area (TPSA) is 116 Å². The molecule has 0 fully saturated rings. The summed E-state index contributed by atoms with van der Waals surface area (Å²) in [5.74, 6) is -2.25. The number of pyridine rings is 2. The average molecular weight is 309 g/mol. The minimum absolute atomic E-state index is 0.000641. The summed E-state index contributed by atoms with van der Waals surface area (Å²) in [6, 6.07) is 9.39. The molecule has 0 aliphatic carbocycles. The maximum Gasteiger partial charge on any atom is 0.337 e. The lowest BCUT2D eigenvalue weighted by Gasteiger charge is -2.02. The molecule has 114 valence electrons. The summed E-state index contributed by atoms with van der Waals surface area (Å²) >= 11 is 0. The maximum atomic E-state index is 11.5. The van der Waals surface area contributed by atoms with Gasteiger partial charge in [0.15, 0.2) is 0 Å². The standard InChI is InChI=1S/C16H11N3O4/c20-15(21)9-4-6-18-13(7-9)14-10(16(22)23)8-12(19-14)11-3-1-2-5-17-11/h1-8,19H,(H,20,21)(H,22,23). The van der Waals surface area contributed by atoms with Crippen LogP contribution in [0.3, 0.4) is 0 Å². The molecule has 23 heavy (non-hydrogen) atoms. The van der Waals surface area contributed by atoms with Gasteiger partial charge in [-0.3, -0.25) is 9.97 Å². The number of H-pyrrole nitrogens is 1. The summed E-state index contributed by atoms with van der Waals surface area (Å²) in [4.78, 5) is 33.7. The Kier molecular flexibility index (Phi) is 3.60. The van der Waals surface area contributed by atoms with Crippen molar-refractivity contribution in [1.29, 1.82) is 0 Å². The van der Waals surface area contributed by atoms with Gasteiger partial charge in [0, 0.05) is 12.4 Å². The fraction of sp³-hybridized carbons (Fsp3) is 0. The van der Waals surface area contributed by atoms with E-state index in [4.69, 9.17) is 5.11 Å². The van der Waals surface area contributed by atoms with Crippen LogP contribution in [0.25, 0.3) is 22.8 Å². The number of hydrogen-bond donors (Lipinski definition) is 3. The second-order valence-electron chi connectivity index (χ2n) is 4.73. The van der Waals surface area contributed by atoms with E-state index in [0.717, 1.165) is 0 Å². The Labute approximate surface area is 130 Å². The number of nitrogens with zero attached hydrogens (tertiary/aromatic N) is 2. The molecule has 0 saturated carbocycles. The van der Waals surface area contributed by atoms with Crippen molar-refractivity contribution in [2.75, 3.05) is 0 Å². The molecule has 0 aliphatic rings. The van der Waals surface area contributed by atoms with Gasteiger partial charge in [-0.15, -0.1) is 0 Å². The molecular weight excluding hydrogens is 298 g/mol. The Hall–Kier alpha value is -3.48. The summed E-state index contributed by atoms with van der Waals surface area (Å²) in [6.45, 7) is 0. The molecule has 0 aromatic carbocycles. The Morgan fingerprint density at radius 1 is 0.913 bits per heavy atom. The SMILES string of the molecule is O=C(O)c1ccnc(-c2[nH]c(-c3ccccn3)cc2C(=O)O)c1. The second kappa shape index (κ2) is 5.72. The van der Waals surface area contributed by atoms with Gasteiger partial charge >= 0.3 is 11.9 Å². The largest absolute Gasteiger partial charge is 0.478 e. The number of carbonyl (C=O) groups is 2. The number of aromatic amines is 1. The van der Waals surface area contributed by atoms with Crippen molar-refractivity contribution in [1.82, 2.24) is 15.0 Å². The van der Waals surface area contributed by atoms with Gasteiger partial charge in [0.05, 0.1) is 33.9 Å². The van der Waals surface area contributed by atoms with Crippen LogP contribution in [0.2, 0.25) is 0 Å². The average Bonchev–Trinajstić information content (AvgIpc) is 3.01. The highest BCUT2D eigenvalue weighted by Crippen LogP contribution is 2.27. The maximum absolute atomic E-state index is 11.5. The minimum Gasteiger partial charge on any atom is -0.478 e. The molecule has 0 aliphatic heterocycles. The zero-order valence-corrected chi connectivity index (χ0v) is 11.7. The van der Waals surface area contributed by atoms with Crippen molar-refractivity contribution < 1.29 is 19.8 Å². The van der Waals surface area contributed by atoms with Crippen molar-refractivity contribution in [3.8, 4) is 22.8 Å². The number of aromatic nitrogens is 3. The lowest BCUT2D eigenvalue weighted by atomic mass is 10.1. The smallest absolute Gasteiger partial charge is 0.337 e. The van der Waals surface area contributed by atoms with Gasteiger partial charge in [-0.05, 0) is 30.3 Å². The number of rotatable bonds is 4. The highest BCUT2D eigenvalue weighted by Gasteiger charge is 2.19. The van der Waals surface area contributed by atoms with E-state index in [1.165, 1.54) is 24.4 Å². The summed E-state index contributed by atoms with van der Waals surface area (Å²) in [7, 11) is 0. The first-order chi connectivity index (χ1) is 11.1. The van der Waals surface area contributed by atoms with Crippen molar-refractivity contribution in [3.63, 3.8) is 0 Å². The highest BCUT2D eigenvalue weighted by molar-refractivity contribution is 5.97. The van der Waals surface area contributed by atoms with Crippen LogP contribution in [0.15, 0.2) is 48.8 Å². The highest BCUT2D eigenvalue weighted by atomic mass is 16.4. The molecule has 0 atom stereocenters. The number of hydrogen-bond acceptors (Lipinski definition) is 4. The van der Waals surface area contributed by atoms with E-state index in [-0.39, 0.29) is 22.5 Å². The van der Waals surface area contributed by atoms with Crippen LogP contribution in [0.4, 0.5) is 0 Å². The van der Waals surface area contributed by atoms with E-state index < -0.39 is 11.9 Å². The normalized spacial score (nSPS) is 10.4. The molecule has 3 heterocycles. The zero-order chi connectivity index (χ0) is 16.4. The predicted octanol–water partition coefficient (Wildman–Crippen LogP) is 2.54. The molecule has 3 aromatic heterocycles. The van der Waals surface area contributed by atoms with E-state index in [1.54, 1.807) is 24.4 Å². The molecular formula is C16H11N3O4. The van der Waals surface area contributed by atoms with Crippen LogP contribution in [0, 0.1) is 0 Å². The fourth-order valence-electron chi connectivity index (χ4n) is 2.19. The van der Waals surface area contributed by atoms with E-state index in [2.05, 4.69) is 15.0 Å². The Morgan fingerprint density at radius 2 is 1.70 bits per heavy atom. The van der Waals surface area contributed by atoms with Crippen LogP contribution in [0.5, 0.6) is 0 Å². The summed E-state index contributed by atoms with van der Waals surface area (Å²) in [5.41, 5.74) is 1.60. The third kappa shape index (κ3) is 2.80. The first-order valence-corrected chi connectivity index (χ1v) is 6.63. The molecule has 0 bridgehead atoms. The summed E-state index contributed by atoms with van der Waals surface area (Å²) in [6.07, 6.45) is 2.92. The van der Waals surface area contributed by atoms with Crippen molar-refractivity contribution in [2.45, 2.75) is 0 Å². The molecule has 3 aromatic rings. The van der Waals surface area contributed by atoms with Crippen LogP contribution < -0.4 is 0 Å². The van der Waals surface area contributed by atoms with E-state index in [9.17, 15) is 14.7 Å². The predicted molar refractivity (Wildman–Crippen MR) is 81.2 cm³/mol. The van der Waals surface area contributed by atoms with Crippen LogP contribution >= 0.6 is 0 Å². The monoisotopic (exact) mass is 309 g/mol. The molecule has 0 unspecified atom stereocenters. The van der Waals surface area contributed by atoms with Gasteiger partial charge < -0.3 is 15.2 Å². The molecule has 3 N–H and O–H groups in total. The van der Waals surface area contributed by atoms with Crippen LogP contribution in [-0.2, 0) is 0 Å². The molecule has 0 radical (unpaired) electrons. The molecule has 0 amide bonds. The first-order valence-electron chi connectivity index (χ1n) is 6.63. The quantitative estimate of drug-likeness (QED) is 0.682. The lowest BCUT2D eigenvalue weighted by molar-refractivity contribution is 0.0687. The number of nitrogens with one attached hydrogen (secondary N) is 1. The molecule has 7 heteroatoms. The van der Waals surface area contributed by atoms with E-state index in [0.29, 0.717) is 11.4 Å². The lowest BCUT2D eigenvalue weighted by Crippen LogP contribution is -2.00. The van der Waals surface area contributed by atoms with Gasteiger partial charge in [0.1, 0.15) is 0 Å². The molecule has 7 nitrogen and oxygen atoms in total. The fourth-order valence-corrected chi connectivity index (χ4v) is 2.19. The third-order valence-electron chi connectivity index (χ3n) is 3.25. The number of carboxylic acids is 2. The van der Waals surface area contributed by atoms with Crippen LogP contribution in [0.1, 0.15) is 20.7 Å². The summed E-state index contributed by atoms with van der Waals surface area (Å²) < 4.78 is 0. The van der Waals surface area contributed by atoms with Gasteiger partial charge in [-0.25, -0.2) is 9.59 Å². The Morgan fingerprint density at radius 3 is 2.35 bits per heavy atom. The first kappa shape index (κ1) is 14.5. The summed E-state index contributed by atoms with van der Waals surface area (Å²) in [5, 5.41) is 18.4. The van der Waals surface area contributed by atoms with Crippen molar-refractivity contribution >= 4 is 11.9 Å². The Bertz CT molecular complexity index is 887. The molecule has 3 rings (SSSR count). The van der Waals surface area contributed by atoms with Gasteiger partial charge in [0.2, 0.25) is 0 Å². The van der Waals surface area contributed by atoms with Gasteiger partial charge in [-0.2, -0.15) is 0 Å². The van der Waals surface area contributed by atoms with E-state index in [1.807, 2.05) is 0 Å². The molecule has 0 saturated heterocycles. The number of carboxylic acid groups (broad SMARTS) is 2. The number of aromatic carboxylic acids is 2. The third-order valence-corrected chi connectivity index (χ3v) is 3.25. The van der Waals surface area contributed by atoms with E-state index >= 15 is 0 Å². The van der Waals surface area contributed by atoms with Gasteiger partial charge in [-0.1, -0.05) is 6.07 Å². The molecule has 0 spiro atoms. The zero-order valence-electron chi connectivity index (χ0n) is 11.7. The van der Waals surface area contributed by atoms with Crippen molar-refractivity contribution in [3.05, 3.63) is 59.9 Å². The van der Waals surface area contributed by atoms with Gasteiger partial charge in [0.25, 0.3) is 0 Å². The Balaban J connectivity index is 2.15. The van der Waals surface area contributed by atoms with Crippen LogP contribution in [-0.4, -0.2) is 37.1 Å². The second-order valence-corrected chi connectivity index (χ2v) is 4.73. The van der Waals surface area contributed by atoms with Crippen molar-refractivity contribution in [2.24, 2.45) is 0 Å². The minimum atomic E-state index is -1.14.